The third-order valence-electron chi connectivity index (χ3n) is 4.82. The fourth-order valence-electron chi connectivity index (χ4n) is 3.02. The topological polar surface area (TPSA) is 38.8 Å². The first-order valence-electron chi connectivity index (χ1n) is 11.6. The second-order valence-corrected chi connectivity index (χ2v) is 11.5. The summed E-state index contributed by atoms with van der Waals surface area (Å²) in [6.07, 6.45) is 14.4. The summed E-state index contributed by atoms with van der Waals surface area (Å²) in [6, 6.07) is 1.10. The second-order valence-electron chi connectivity index (χ2n) is 7.90. The Morgan fingerprint density at radius 3 is 2.18 bits per heavy atom. The van der Waals surface area contributed by atoms with E-state index < -0.39 is 9.04 Å². The van der Waals surface area contributed by atoms with Gasteiger partial charge in [-0.25, -0.2) is 0 Å². The maximum absolute atomic E-state index is 12.0. The Morgan fingerprint density at radius 2 is 1.57 bits per heavy atom. The molecule has 4 nitrogen and oxygen atoms in total. The van der Waals surface area contributed by atoms with Crippen LogP contribution in [-0.2, 0) is 14.0 Å². The molecule has 0 aliphatic carbocycles. The van der Waals surface area contributed by atoms with Crippen LogP contribution in [0.3, 0.4) is 0 Å². The molecular formula is C22H47NO3SSi. The second kappa shape index (κ2) is 21.8. The maximum atomic E-state index is 12.0. The highest BCUT2D eigenvalue weighted by atomic mass is 32.2. The van der Waals surface area contributed by atoms with Crippen molar-refractivity contribution in [3.8, 4) is 0 Å². The first-order valence-corrected chi connectivity index (χ1v) is 14.7. The monoisotopic (exact) mass is 433 g/mol. The number of carbonyl (C=O) groups is 1. The van der Waals surface area contributed by atoms with Crippen molar-refractivity contribution >= 4 is 25.9 Å². The summed E-state index contributed by atoms with van der Waals surface area (Å²) < 4.78 is 11.7. The van der Waals surface area contributed by atoms with Crippen molar-refractivity contribution in [2.24, 2.45) is 0 Å². The average Bonchev–Trinajstić information content (AvgIpc) is 2.67. The summed E-state index contributed by atoms with van der Waals surface area (Å²) >= 11 is 1.53. The highest BCUT2D eigenvalue weighted by molar-refractivity contribution is 8.13. The summed E-state index contributed by atoms with van der Waals surface area (Å²) in [5.74, 6) is 0.933. The van der Waals surface area contributed by atoms with Gasteiger partial charge in [0, 0.05) is 31.9 Å². The number of likely N-dealkylation sites (N-methyl/N-ethyl adjacent to an activating group) is 1. The number of unbranched alkanes of at least 4 members (excludes halogenated alkanes) is 8. The highest BCUT2D eigenvalue weighted by Gasteiger charge is 2.13. The Balaban J connectivity index is 3.60. The van der Waals surface area contributed by atoms with Gasteiger partial charge < -0.3 is 14.1 Å². The van der Waals surface area contributed by atoms with Gasteiger partial charge in [0.1, 0.15) is 0 Å². The SMILES string of the molecule is CCCCCCCCCCCC(=O)SCCC[SiH](COCC)OCCN(C)C. The molecule has 0 aromatic carbocycles. The maximum Gasteiger partial charge on any atom is 0.202 e. The molecule has 168 valence electrons. The van der Waals surface area contributed by atoms with Crippen LogP contribution in [0.25, 0.3) is 0 Å². The minimum absolute atomic E-state index is 0.375. The van der Waals surface area contributed by atoms with E-state index in [1.807, 2.05) is 6.92 Å². The first kappa shape index (κ1) is 28.1. The van der Waals surface area contributed by atoms with Gasteiger partial charge in [-0.3, -0.25) is 4.79 Å². The van der Waals surface area contributed by atoms with Crippen LogP contribution >= 0.6 is 11.8 Å². The molecule has 0 saturated carbocycles. The molecule has 1 unspecified atom stereocenters. The van der Waals surface area contributed by atoms with E-state index in [1.54, 1.807) is 0 Å². The van der Waals surface area contributed by atoms with Gasteiger partial charge in [0.15, 0.2) is 5.12 Å². The minimum atomic E-state index is -1.29. The van der Waals surface area contributed by atoms with Gasteiger partial charge in [-0.1, -0.05) is 70.1 Å². The molecule has 0 aliphatic heterocycles. The predicted octanol–water partition coefficient (Wildman–Crippen LogP) is 5.43. The fourth-order valence-corrected chi connectivity index (χ4v) is 6.16. The molecule has 0 N–H and O–H groups in total. The van der Waals surface area contributed by atoms with Crippen molar-refractivity contribution in [2.45, 2.75) is 90.5 Å². The van der Waals surface area contributed by atoms with E-state index in [0.717, 1.165) is 57.0 Å². The number of hydrogen-bond acceptors (Lipinski definition) is 5. The van der Waals surface area contributed by atoms with E-state index in [1.165, 1.54) is 63.1 Å². The van der Waals surface area contributed by atoms with Crippen LogP contribution < -0.4 is 0 Å². The third-order valence-corrected chi connectivity index (χ3v) is 8.20. The van der Waals surface area contributed by atoms with Gasteiger partial charge >= 0.3 is 0 Å². The van der Waals surface area contributed by atoms with Crippen molar-refractivity contribution in [1.29, 1.82) is 0 Å². The van der Waals surface area contributed by atoms with Crippen molar-refractivity contribution in [2.75, 3.05) is 45.8 Å². The van der Waals surface area contributed by atoms with Crippen LogP contribution in [-0.4, -0.2) is 64.9 Å². The zero-order chi connectivity index (χ0) is 20.9. The lowest BCUT2D eigenvalue weighted by Gasteiger charge is -2.18. The van der Waals surface area contributed by atoms with E-state index >= 15 is 0 Å². The molecule has 0 fully saturated rings. The van der Waals surface area contributed by atoms with Gasteiger partial charge in [-0.2, -0.15) is 0 Å². The van der Waals surface area contributed by atoms with Crippen LogP contribution in [0.15, 0.2) is 0 Å². The zero-order valence-corrected chi connectivity index (χ0v) is 21.1. The zero-order valence-electron chi connectivity index (χ0n) is 19.2. The average molecular weight is 434 g/mol. The molecule has 0 heterocycles. The Kier molecular flexibility index (Phi) is 21.9. The summed E-state index contributed by atoms with van der Waals surface area (Å²) in [6.45, 7) is 6.80. The standard InChI is InChI=1S/C22H47NO3SSi/c1-5-7-8-9-10-11-12-13-14-16-22(24)27-19-15-20-28(21-25-6-2)26-18-17-23(3)4/h28H,5-21H2,1-4H3. The van der Waals surface area contributed by atoms with Crippen molar-refractivity contribution in [1.82, 2.24) is 4.90 Å². The predicted molar refractivity (Wildman–Crippen MR) is 127 cm³/mol. The normalized spacial score (nSPS) is 12.6. The Morgan fingerprint density at radius 1 is 0.929 bits per heavy atom. The molecule has 1 atom stereocenters. The van der Waals surface area contributed by atoms with Gasteiger partial charge in [-0.05, 0) is 39.9 Å². The molecule has 0 rings (SSSR count). The summed E-state index contributed by atoms with van der Waals surface area (Å²) in [7, 11) is 2.84. The molecule has 0 aromatic heterocycles. The molecule has 0 aromatic rings. The summed E-state index contributed by atoms with van der Waals surface area (Å²) in [4.78, 5) is 14.2. The molecule has 0 bridgehead atoms. The van der Waals surface area contributed by atoms with Crippen molar-refractivity contribution < 1.29 is 14.0 Å². The number of hydrogen-bond donors (Lipinski definition) is 0. The lowest BCUT2D eigenvalue weighted by molar-refractivity contribution is -0.111. The van der Waals surface area contributed by atoms with E-state index in [-0.39, 0.29) is 0 Å². The molecule has 0 radical (unpaired) electrons. The molecule has 28 heavy (non-hydrogen) atoms. The molecular weight excluding hydrogens is 386 g/mol. The van der Waals surface area contributed by atoms with Crippen LogP contribution in [0.4, 0.5) is 0 Å². The largest absolute Gasteiger partial charge is 0.416 e. The number of ether oxygens (including phenoxy) is 1. The van der Waals surface area contributed by atoms with Crippen molar-refractivity contribution in [3.05, 3.63) is 0 Å². The van der Waals surface area contributed by atoms with Crippen LogP contribution in [0.5, 0.6) is 0 Å². The fraction of sp³-hybridized carbons (Fsp3) is 0.955. The van der Waals surface area contributed by atoms with Gasteiger partial charge in [0.05, 0.1) is 6.23 Å². The van der Waals surface area contributed by atoms with Crippen molar-refractivity contribution in [3.63, 3.8) is 0 Å². The first-order chi connectivity index (χ1) is 13.6. The van der Waals surface area contributed by atoms with Crippen LogP contribution in [0, 0.1) is 0 Å². The quantitative estimate of drug-likeness (QED) is 0.178. The molecule has 6 heteroatoms. The third kappa shape index (κ3) is 20.8. The lowest BCUT2D eigenvalue weighted by Crippen LogP contribution is -2.29. The van der Waals surface area contributed by atoms with Gasteiger partial charge in [-0.15, -0.1) is 0 Å². The summed E-state index contributed by atoms with van der Waals surface area (Å²) in [5.41, 5.74) is 0. The number of nitrogens with zero attached hydrogens (tertiary/aromatic N) is 1. The van der Waals surface area contributed by atoms with Crippen LogP contribution in [0.2, 0.25) is 6.04 Å². The van der Waals surface area contributed by atoms with E-state index in [2.05, 4.69) is 25.9 Å². The number of thioether (sulfide) groups is 1. The van der Waals surface area contributed by atoms with Gasteiger partial charge in [0.2, 0.25) is 9.04 Å². The number of rotatable bonds is 21. The summed E-state index contributed by atoms with van der Waals surface area (Å²) in [5, 5.41) is 0.375. The molecule has 0 spiro atoms. The molecule has 0 aliphatic rings. The number of carbonyl (C=O) groups excluding carboxylic acids is 1. The minimum Gasteiger partial charge on any atom is -0.416 e. The lowest BCUT2D eigenvalue weighted by atomic mass is 10.1. The molecule has 0 amide bonds. The highest BCUT2D eigenvalue weighted by Crippen LogP contribution is 2.15. The van der Waals surface area contributed by atoms with E-state index in [0.29, 0.717) is 5.12 Å². The smallest absolute Gasteiger partial charge is 0.202 e. The van der Waals surface area contributed by atoms with Gasteiger partial charge in [0.25, 0.3) is 0 Å². The van der Waals surface area contributed by atoms with E-state index in [4.69, 9.17) is 9.16 Å². The van der Waals surface area contributed by atoms with Crippen LogP contribution in [0.1, 0.15) is 84.5 Å². The Hall–Kier alpha value is 0.117. The molecule has 0 saturated heterocycles. The van der Waals surface area contributed by atoms with E-state index in [9.17, 15) is 4.79 Å². The Bertz CT molecular complexity index is 346. The Labute approximate surface area is 181 Å².